The fourth-order valence-corrected chi connectivity index (χ4v) is 3.84. The standard InChI is InChI=1S/C22H15F7N4O3/c1-10-5-12(36-22(27,28)29)3-4-15(10)32-9-33(16-7-14(23)19(34)31-11(16)2)20(35)13-6-18(21(24,25)26)30-8-17(13)32/h3-8,14H,9H2,1-2H3. The molecule has 190 valence electrons. The molecule has 0 radical (unpaired) electrons. The van der Waals surface area contributed by atoms with Gasteiger partial charge in [-0.1, -0.05) is 0 Å². The van der Waals surface area contributed by atoms with Crippen LogP contribution in [0.4, 0.5) is 42.1 Å². The number of benzene rings is 1. The molecule has 0 saturated carbocycles. The lowest BCUT2D eigenvalue weighted by Crippen LogP contribution is -2.47. The second-order valence-corrected chi connectivity index (χ2v) is 7.87. The van der Waals surface area contributed by atoms with E-state index < -0.39 is 54.2 Å². The summed E-state index contributed by atoms with van der Waals surface area (Å²) < 4.78 is 95.8. The van der Waals surface area contributed by atoms with Crippen LogP contribution in [0.2, 0.25) is 0 Å². The minimum atomic E-state index is -4.95. The number of hydrogen-bond acceptors (Lipinski definition) is 5. The average molecular weight is 516 g/mol. The number of dihydropyridines is 1. The SMILES string of the molecule is CC1=NC(=O)C(F)C=C1N1CN(c2ccc(OC(F)(F)F)cc2C)c2cnc(C(F)(F)F)cc2C1=O. The van der Waals surface area contributed by atoms with Gasteiger partial charge in [0.15, 0.2) is 0 Å². The van der Waals surface area contributed by atoms with Crippen molar-refractivity contribution in [1.29, 1.82) is 0 Å². The van der Waals surface area contributed by atoms with E-state index in [1.807, 2.05) is 0 Å². The summed E-state index contributed by atoms with van der Waals surface area (Å²) in [7, 11) is 0. The van der Waals surface area contributed by atoms with E-state index in [-0.39, 0.29) is 28.3 Å². The van der Waals surface area contributed by atoms with Crippen LogP contribution in [-0.4, -0.2) is 46.6 Å². The van der Waals surface area contributed by atoms with Gasteiger partial charge in [-0.25, -0.2) is 14.4 Å². The molecule has 0 bridgehead atoms. The van der Waals surface area contributed by atoms with Crippen molar-refractivity contribution in [3.8, 4) is 5.75 Å². The largest absolute Gasteiger partial charge is 0.573 e. The Morgan fingerprint density at radius 1 is 1.00 bits per heavy atom. The van der Waals surface area contributed by atoms with E-state index >= 15 is 0 Å². The van der Waals surface area contributed by atoms with Gasteiger partial charge in [0, 0.05) is 5.69 Å². The molecule has 3 heterocycles. The van der Waals surface area contributed by atoms with Crippen LogP contribution in [0.25, 0.3) is 0 Å². The number of carbonyl (C=O) groups is 2. The highest BCUT2D eigenvalue weighted by Crippen LogP contribution is 2.40. The predicted molar refractivity (Wildman–Crippen MR) is 111 cm³/mol. The molecule has 36 heavy (non-hydrogen) atoms. The maximum atomic E-state index is 14.1. The summed E-state index contributed by atoms with van der Waals surface area (Å²) >= 11 is 0. The number of alkyl halides is 7. The van der Waals surface area contributed by atoms with E-state index in [2.05, 4.69) is 14.7 Å². The average Bonchev–Trinajstić information content (AvgIpc) is 2.75. The third-order valence-corrected chi connectivity index (χ3v) is 5.39. The smallest absolute Gasteiger partial charge is 0.406 e. The Balaban J connectivity index is 1.85. The van der Waals surface area contributed by atoms with Gasteiger partial charge in [0.25, 0.3) is 11.8 Å². The normalized spacial score (nSPS) is 18.6. The van der Waals surface area contributed by atoms with Crippen LogP contribution in [0, 0.1) is 6.92 Å². The number of nitrogens with zero attached hydrogens (tertiary/aromatic N) is 4. The fourth-order valence-electron chi connectivity index (χ4n) is 3.84. The number of ether oxygens (including phenoxy) is 1. The van der Waals surface area contributed by atoms with Crippen LogP contribution >= 0.6 is 0 Å². The van der Waals surface area contributed by atoms with Crippen molar-refractivity contribution in [2.45, 2.75) is 32.6 Å². The molecule has 2 amide bonds. The van der Waals surface area contributed by atoms with Gasteiger partial charge >= 0.3 is 12.5 Å². The fraction of sp³-hybridized carbons (Fsp3) is 0.273. The molecular weight excluding hydrogens is 501 g/mol. The van der Waals surface area contributed by atoms with Crippen molar-refractivity contribution in [2.75, 3.05) is 11.6 Å². The molecule has 0 aliphatic carbocycles. The van der Waals surface area contributed by atoms with Crippen LogP contribution in [0.5, 0.6) is 5.75 Å². The zero-order chi connectivity index (χ0) is 26.6. The molecule has 0 fully saturated rings. The Labute approximate surface area is 198 Å². The molecule has 1 atom stereocenters. The zero-order valence-corrected chi connectivity index (χ0v) is 18.4. The first-order valence-corrected chi connectivity index (χ1v) is 10.1. The van der Waals surface area contributed by atoms with Crippen LogP contribution in [0.1, 0.15) is 28.5 Å². The topological polar surface area (TPSA) is 75.1 Å². The molecular formula is C22H15F7N4O3. The highest BCUT2D eigenvalue weighted by Gasteiger charge is 2.40. The summed E-state index contributed by atoms with van der Waals surface area (Å²) in [5, 5.41) is 0. The Morgan fingerprint density at radius 2 is 1.69 bits per heavy atom. The molecule has 2 aromatic rings. The summed E-state index contributed by atoms with van der Waals surface area (Å²) in [4.78, 5) is 34.0. The maximum absolute atomic E-state index is 14.1. The number of allylic oxidation sites excluding steroid dienone is 1. The van der Waals surface area contributed by atoms with Gasteiger partial charge in [-0.15, -0.1) is 13.2 Å². The number of pyridine rings is 1. The van der Waals surface area contributed by atoms with Gasteiger partial charge in [-0.2, -0.15) is 13.2 Å². The lowest BCUT2D eigenvalue weighted by molar-refractivity contribution is -0.274. The number of anilines is 2. The van der Waals surface area contributed by atoms with Crippen molar-refractivity contribution in [2.24, 2.45) is 4.99 Å². The van der Waals surface area contributed by atoms with E-state index in [0.29, 0.717) is 6.07 Å². The summed E-state index contributed by atoms with van der Waals surface area (Å²) in [6, 6.07) is 3.81. The first-order valence-electron chi connectivity index (χ1n) is 10.1. The van der Waals surface area contributed by atoms with Crippen LogP contribution < -0.4 is 9.64 Å². The highest BCUT2D eigenvalue weighted by molar-refractivity contribution is 6.13. The molecule has 0 spiro atoms. The lowest BCUT2D eigenvalue weighted by Gasteiger charge is -2.40. The number of aromatic nitrogens is 1. The molecule has 7 nitrogen and oxygen atoms in total. The van der Waals surface area contributed by atoms with E-state index in [1.54, 1.807) is 0 Å². The molecule has 1 aromatic heterocycles. The summed E-state index contributed by atoms with van der Waals surface area (Å²) in [6.45, 7) is 2.36. The molecule has 0 saturated heterocycles. The number of carbonyl (C=O) groups excluding carboxylic acids is 2. The summed E-state index contributed by atoms with van der Waals surface area (Å²) in [5.74, 6) is -2.57. The quantitative estimate of drug-likeness (QED) is 0.532. The molecule has 1 aromatic carbocycles. The van der Waals surface area contributed by atoms with Crippen molar-refractivity contribution >= 4 is 28.9 Å². The number of amides is 2. The minimum Gasteiger partial charge on any atom is -0.406 e. The molecule has 4 rings (SSSR count). The Hall–Kier alpha value is -3.97. The number of aliphatic imine (C=N–C) groups is 1. The van der Waals surface area contributed by atoms with Gasteiger partial charge in [0.2, 0.25) is 6.17 Å². The second-order valence-electron chi connectivity index (χ2n) is 7.87. The summed E-state index contributed by atoms with van der Waals surface area (Å²) in [6.07, 6.45) is -10.4. The van der Waals surface area contributed by atoms with Crippen molar-refractivity contribution in [3.63, 3.8) is 0 Å². The Kier molecular flexibility index (Phi) is 6.01. The maximum Gasteiger partial charge on any atom is 0.573 e. The van der Waals surface area contributed by atoms with Gasteiger partial charge in [0.05, 0.1) is 28.9 Å². The molecule has 1 unspecified atom stereocenters. The number of hydrogen-bond donors (Lipinski definition) is 0. The third-order valence-electron chi connectivity index (χ3n) is 5.39. The molecule has 2 aliphatic rings. The highest BCUT2D eigenvalue weighted by atomic mass is 19.4. The first kappa shape index (κ1) is 25.1. The predicted octanol–water partition coefficient (Wildman–Crippen LogP) is 5.08. The number of fused-ring (bicyclic) bond motifs is 1. The first-order chi connectivity index (χ1) is 16.7. The van der Waals surface area contributed by atoms with Gasteiger partial charge in [0.1, 0.15) is 18.1 Å². The van der Waals surface area contributed by atoms with Crippen molar-refractivity contribution < 1.29 is 45.1 Å². The van der Waals surface area contributed by atoms with Crippen molar-refractivity contribution in [3.05, 3.63) is 59.1 Å². The van der Waals surface area contributed by atoms with Crippen LogP contribution in [0.3, 0.4) is 0 Å². The Morgan fingerprint density at radius 3 is 2.31 bits per heavy atom. The summed E-state index contributed by atoms with van der Waals surface area (Å²) in [5.41, 5.74) is -1.61. The monoisotopic (exact) mass is 516 g/mol. The van der Waals surface area contributed by atoms with E-state index in [1.165, 1.54) is 24.8 Å². The second kappa shape index (κ2) is 8.60. The van der Waals surface area contributed by atoms with Crippen molar-refractivity contribution in [1.82, 2.24) is 9.88 Å². The Bertz CT molecular complexity index is 1320. The zero-order valence-electron chi connectivity index (χ0n) is 18.4. The van der Waals surface area contributed by atoms with Gasteiger partial charge < -0.3 is 9.64 Å². The lowest BCUT2D eigenvalue weighted by atomic mass is 10.0. The molecule has 2 aliphatic heterocycles. The van der Waals surface area contributed by atoms with Gasteiger partial charge in [-0.05, 0) is 49.8 Å². The molecule has 14 heteroatoms. The van der Waals surface area contributed by atoms with E-state index in [9.17, 15) is 40.3 Å². The number of aryl methyl sites for hydroxylation is 1. The van der Waals surface area contributed by atoms with E-state index in [0.717, 1.165) is 29.3 Å². The number of rotatable bonds is 3. The third kappa shape index (κ3) is 4.75. The number of halogens is 7. The van der Waals surface area contributed by atoms with E-state index in [4.69, 9.17) is 0 Å². The molecule has 0 N–H and O–H groups in total. The van der Waals surface area contributed by atoms with Crippen LogP contribution in [-0.2, 0) is 11.0 Å². The van der Waals surface area contributed by atoms with Crippen LogP contribution in [0.15, 0.2) is 47.2 Å². The van der Waals surface area contributed by atoms with Gasteiger partial charge in [-0.3, -0.25) is 14.5 Å². The minimum absolute atomic E-state index is 0.0404.